The second-order valence-electron chi connectivity index (χ2n) is 7.02. The summed E-state index contributed by atoms with van der Waals surface area (Å²) in [7, 11) is 0. The molecule has 6 nitrogen and oxygen atoms in total. The first-order valence-electron chi connectivity index (χ1n) is 8.71. The molecule has 0 spiro atoms. The quantitative estimate of drug-likeness (QED) is 0.763. The van der Waals surface area contributed by atoms with Gasteiger partial charge in [-0.05, 0) is 50.5 Å². The van der Waals surface area contributed by atoms with E-state index in [4.69, 9.17) is 4.52 Å². The number of nitrogens with zero attached hydrogens (tertiary/aromatic N) is 2. The van der Waals surface area contributed by atoms with Crippen molar-refractivity contribution in [1.29, 1.82) is 0 Å². The van der Waals surface area contributed by atoms with Crippen LogP contribution in [0.5, 0.6) is 0 Å². The van der Waals surface area contributed by atoms with Crippen molar-refractivity contribution in [2.75, 3.05) is 0 Å². The SMILES string of the molecule is Cc1nc(C2(NC(=O)c3ccc4[nH]c(C)c(C)c4c3)CCCC2)no1. The minimum absolute atomic E-state index is 0.0930. The minimum atomic E-state index is -0.521. The number of aromatic nitrogens is 3. The molecule has 0 radical (unpaired) electrons. The van der Waals surface area contributed by atoms with E-state index in [1.165, 1.54) is 5.56 Å². The first-order valence-corrected chi connectivity index (χ1v) is 8.71. The Morgan fingerprint density at radius 3 is 2.68 bits per heavy atom. The molecule has 1 amide bonds. The molecular formula is C19H22N4O2. The number of benzene rings is 1. The molecule has 2 aromatic heterocycles. The maximum atomic E-state index is 12.9. The van der Waals surface area contributed by atoms with E-state index in [9.17, 15) is 4.79 Å². The third-order valence-electron chi connectivity index (χ3n) is 5.34. The van der Waals surface area contributed by atoms with Crippen LogP contribution in [0.3, 0.4) is 0 Å². The number of carbonyl (C=O) groups is 1. The van der Waals surface area contributed by atoms with Gasteiger partial charge in [0.2, 0.25) is 5.89 Å². The highest BCUT2D eigenvalue weighted by Crippen LogP contribution is 2.37. The second kappa shape index (κ2) is 5.72. The number of fused-ring (bicyclic) bond motifs is 1. The van der Waals surface area contributed by atoms with Crippen LogP contribution in [0.1, 0.15) is 59.0 Å². The lowest BCUT2D eigenvalue weighted by Gasteiger charge is -2.26. The zero-order valence-electron chi connectivity index (χ0n) is 14.8. The number of hydrogen-bond acceptors (Lipinski definition) is 4. The summed E-state index contributed by atoms with van der Waals surface area (Å²) in [5.41, 5.74) is 3.49. The van der Waals surface area contributed by atoms with Gasteiger partial charge >= 0.3 is 0 Å². The Bertz CT molecular complexity index is 948. The molecule has 3 aromatic rings. The van der Waals surface area contributed by atoms with Crippen LogP contribution >= 0.6 is 0 Å². The zero-order valence-corrected chi connectivity index (χ0v) is 14.8. The largest absolute Gasteiger partial charge is 0.358 e. The Labute approximate surface area is 146 Å². The fourth-order valence-corrected chi connectivity index (χ4v) is 3.77. The standard InChI is InChI=1S/C19H22N4O2/c1-11-12(2)20-16-7-6-14(10-15(11)16)17(24)22-19(8-4-5-9-19)18-21-13(3)25-23-18/h6-7,10,20H,4-5,8-9H2,1-3H3,(H,22,24). The molecule has 0 bridgehead atoms. The Morgan fingerprint density at radius 1 is 1.24 bits per heavy atom. The van der Waals surface area contributed by atoms with Crippen molar-refractivity contribution in [3.63, 3.8) is 0 Å². The molecule has 6 heteroatoms. The molecule has 2 N–H and O–H groups in total. The van der Waals surface area contributed by atoms with E-state index >= 15 is 0 Å². The van der Waals surface area contributed by atoms with Gasteiger partial charge in [0.1, 0.15) is 5.54 Å². The van der Waals surface area contributed by atoms with Gasteiger partial charge in [0.15, 0.2) is 5.82 Å². The van der Waals surface area contributed by atoms with Crippen LogP contribution in [0.2, 0.25) is 0 Å². The van der Waals surface area contributed by atoms with Gasteiger partial charge in [-0.3, -0.25) is 4.79 Å². The number of aromatic amines is 1. The van der Waals surface area contributed by atoms with E-state index in [0.717, 1.165) is 42.3 Å². The lowest BCUT2D eigenvalue weighted by molar-refractivity contribution is 0.0892. The lowest BCUT2D eigenvalue weighted by Crippen LogP contribution is -2.44. The number of hydrogen-bond donors (Lipinski definition) is 2. The summed E-state index contributed by atoms with van der Waals surface area (Å²) < 4.78 is 5.15. The number of H-pyrrole nitrogens is 1. The smallest absolute Gasteiger partial charge is 0.252 e. The number of aryl methyl sites for hydroxylation is 3. The van der Waals surface area contributed by atoms with Crippen molar-refractivity contribution in [2.24, 2.45) is 0 Å². The fourth-order valence-electron chi connectivity index (χ4n) is 3.77. The van der Waals surface area contributed by atoms with Crippen molar-refractivity contribution in [3.8, 4) is 0 Å². The maximum Gasteiger partial charge on any atom is 0.252 e. The number of carbonyl (C=O) groups excluding carboxylic acids is 1. The molecule has 0 atom stereocenters. The second-order valence-corrected chi connectivity index (χ2v) is 7.02. The number of rotatable bonds is 3. The molecule has 1 aromatic carbocycles. The predicted octanol–water partition coefficient (Wildman–Crippen LogP) is 3.68. The van der Waals surface area contributed by atoms with Crippen molar-refractivity contribution >= 4 is 16.8 Å². The summed E-state index contributed by atoms with van der Waals surface area (Å²) in [4.78, 5) is 20.7. The van der Waals surface area contributed by atoms with Gasteiger partial charge in [0.25, 0.3) is 5.91 Å². The summed E-state index contributed by atoms with van der Waals surface area (Å²) in [6.07, 6.45) is 3.76. The average molecular weight is 338 g/mol. The topological polar surface area (TPSA) is 83.8 Å². The first-order chi connectivity index (χ1) is 12.0. The molecule has 0 aliphatic heterocycles. The predicted molar refractivity (Wildman–Crippen MR) is 94.4 cm³/mol. The molecule has 1 saturated carbocycles. The normalized spacial score (nSPS) is 16.4. The van der Waals surface area contributed by atoms with Crippen molar-refractivity contribution in [2.45, 2.75) is 52.0 Å². The van der Waals surface area contributed by atoms with Gasteiger partial charge in [0, 0.05) is 29.1 Å². The van der Waals surface area contributed by atoms with Crippen molar-refractivity contribution in [1.82, 2.24) is 20.4 Å². The molecule has 1 aliphatic carbocycles. The van der Waals surface area contributed by atoms with Gasteiger partial charge in [-0.1, -0.05) is 18.0 Å². The van der Waals surface area contributed by atoms with Gasteiger partial charge in [-0.25, -0.2) is 0 Å². The van der Waals surface area contributed by atoms with Crippen LogP contribution < -0.4 is 5.32 Å². The van der Waals surface area contributed by atoms with Gasteiger partial charge in [0.05, 0.1) is 0 Å². The Hall–Kier alpha value is -2.63. The molecule has 0 unspecified atom stereocenters. The monoisotopic (exact) mass is 338 g/mol. The van der Waals surface area contributed by atoms with Crippen LogP contribution in [0.15, 0.2) is 22.7 Å². The van der Waals surface area contributed by atoms with E-state index < -0.39 is 5.54 Å². The van der Waals surface area contributed by atoms with Crippen LogP contribution in [0.25, 0.3) is 10.9 Å². The zero-order chi connectivity index (χ0) is 17.6. The van der Waals surface area contributed by atoms with Crippen LogP contribution in [-0.4, -0.2) is 21.0 Å². The van der Waals surface area contributed by atoms with Gasteiger partial charge in [-0.15, -0.1) is 0 Å². The van der Waals surface area contributed by atoms with Crippen LogP contribution in [0, 0.1) is 20.8 Å². The maximum absolute atomic E-state index is 12.9. The van der Waals surface area contributed by atoms with E-state index in [-0.39, 0.29) is 5.91 Å². The molecule has 130 valence electrons. The Morgan fingerprint density at radius 2 is 2.00 bits per heavy atom. The van der Waals surface area contributed by atoms with Gasteiger partial charge in [-0.2, -0.15) is 4.98 Å². The van der Waals surface area contributed by atoms with Crippen LogP contribution in [-0.2, 0) is 5.54 Å². The van der Waals surface area contributed by atoms with Crippen LogP contribution in [0.4, 0.5) is 0 Å². The lowest BCUT2D eigenvalue weighted by atomic mass is 9.95. The molecule has 0 saturated heterocycles. The highest BCUT2D eigenvalue weighted by Gasteiger charge is 2.41. The average Bonchev–Trinajstić information content (AvgIpc) is 3.29. The third kappa shape index (κ3) is 2.62. The van der Waals surface area contributed by atoms with E-state index in [1.54, 1.807) is 6.92 Å². The third-order valence-corrected chi connectivity index (χ3v) is 5.34. The van der Waals surface area contributed by atoms with Crippen molar-refractivity contribution in [3.05, 3.63) is 46.7 Å². The van der Waals surface area contributed by atoms with E-state index in [2.05, 4.69) is 27.4 Å². The van der Waals surface area contributed by atoms with E-state index in [0.29, 0.717) is 17.3 Å². The Kier molecular flexibility index (Phi) is 3.63. The molecule has 1 fully saturated rings. The number of amides is 1. The minimum Gasteiger partial charge on any atom is -0.358 e. The molecule has 2 heterocycles. The summed E-state index contributed by atoms with van der Waals surface area (Å²) in [5, 5.41) is 8.36. The van der Waals surface area contributed by atoms with E-state index in [1.807, 2.05) is 25.1 Å². The molecule has 4 rings (SSSR count). The fraction of sp³-hybridized carbons (Fsp3) is 0.421. The van der Waals surface area contributed by atoms with Crippen molar-refractivity contribution < 1.29 is 9.32 Å². The summed E-state index contributed by atoms with van der Waals surface area (Å²) in [5.74, 6) is 1.02. The summed E-state index contributed by atoms with van der Waals surface area (Å²) in [6, 6.07) is 5.77. The molecular weight excluding hydrogens is 316 g/mol. The van der Waals surface area contributed by atoms with Gasteiger partial charge < -0.3 is 14.8 Å². The molecule has 1 aliphatic rings. The first kappa shape index (κ1) is 15.9. The number of nitrogens with one attached hydrogen (secondary N) is 2. The summed E-state index contributed by atoms with van der Waals surface area (Å²) >= 11 is 0. The highest BCUT2D eigenvalue weighted by molar-refractivity contribution is 5.99. The molecule has 25 heavy (non-hydrogen) atoms. The summed E-state index contributed by atoms with van der Waals surface area (Å²) in [6.45, 7) is 5.88. The highest BCUT2D eigenvalue weighted by atomic mass is 16.5. The Balaban J connectivity index is 1.67.